The van der Waals surface area contributed by atoms with Gasteiger partial charge in [-0.3, -0.25) is 13.9 Å². The van der Waals surface area contributed by atoms with Crippen molar-refractivity contribution in [3.8, 4) is 0 Å². The quantitative estimate of drug-likeness (QED) is 0.638. The maximum absolute atomic E-state index is 12.5. The van der Waals surface area contributed by atoms with Crippen LogP contribution in [0.4, 0.5) is 0 Å². The number of aliphatic hydroxyl groups is 2. The summed E-state index contributed by atoms with van der Waals surface area (Å²) < 4.78 is 2.53. The zero-order valence-electron chi connectivity index (χ0n) is 11.9. The molecule has 2 aromatic heterocycles. The second-order valence-electron chi connectivity index (χ2n) is 5.00. The highest BCUT2D eigenvalue weighted by molar-refractivity contribution is 5.68. The lowest BCUT2D eigenvalue weighted by atomic mass is 10.1. The van der Waals surface area contributed by atoms with Crippen LogP contribution >= 0.6 is 0 Å². The van der Waals surface area contributed by atoms with E-state index in [1.165, 1.54) is 15.5 Å². The second-order valence-corrected chi connectivity index (χ2v) is 5.00. The molecule has 21 heavy (non-hydrogen) atoms. The molecule has 0 fully saturated rings. The summed E-state index contributed by atoms with van der Waals surface area (Å²) in [6, 6.07) is -0.344. The van der Waals surface area contributed by atoms with E-state index in [2.05, 4.69) is 9.97 Å². The number of nitrogens with zero attached hydrogens (tertiary/aromatic N) is 3. The number of hydrogen-bond acceptors (Lipinski definition) is 5. The van der Waals surface area contributed by atoms with Crippen LogP contribution < -0.4 is 11.2 Å². The Balaban J connectivity index is 2.55. The number of nitrogens with one attached hydrogen (secondary N) is 1. The fourth-order valence-electron chi connectivity index (χ4n) is 2.54. The monoisotopic (exact) mass is 296 g/mol. The number of aryl methyl sites for hydroxylation is 1. The predicted octanol–water partition coefficient (Wildman–Crippen LogP) is -0.491. The summed E-state index contributed by atoms with van der Waals surface area (Å²) in [5, 5.41) is 18.0. The van der Waals surface area contributed by atoms with Gasteiger partial charge in [0.1, 0.15) is 5.52 Å². The van der Waals surface area contributed by atoms with Gasteiger partial charge in [-0.15, -0.1) is 0 Å². The van der Waals surface area contributed by atoms with Crippen molar-refractivity contribution in [2.75, 3.05) is 13.2 Å². The number of aromatic amines is 1. The maximum Gasteiger partial charge on any atom is 0.332 e. The molecule has 0 amide bonds. The van der Waals surface area contributed by atoms with Crippen LogP contribution in [0.2, 0.25) is 0 Å². The molecule has 0 radical (unpaired) electrons. The molecule has 0 aliphatic rings. The fourth-order valence-corrected chi connectivity index (χ4v) is 2.54. The summed E-state index contributed by atoms with van der Waals surface area (Å²) in [7, 11) is 1.57. The van der Waals surface area contributed by atoms with Crippen molar-refractivity contribution >= 4 is 11.2 Å². The Hall–Kier alpha value is -1.93. The third kappa shape index (κ3) is 2.91. The van der Waals surface area contributed by atoms with E-state index < -0.39 is 11.2 Å². The normalized spacial score (nSPS) is 11.6. The van der Waals surface area contributed by atoms with Crippen LogP contribution in [0.3, 0.4) is 0 Å². The predicted molar refractivity (Wildman–Crippen MR) is 77.3 cm³/mol. The van der Waals surface area contributed by atoms with Gasteiger partial charge in [0.15, 0.2) is 5.65 Å². The van der Waals surface area contributed by atoms with Crippen LogP contribution in [0, 0.1) is 0 Å². The summed E-state index contributed by atoms with van der Waals surface area (Å²) in [5.74, 6) is 0. The molecule has 0 saturated heterocycles. The molecular weight excluding hydrogens is 276 g/mol. The summed E-state index contributed by atoms with van der Waals surface area (Å²) >= 11 is 0. The average Bonchev–Trinajstić information content (AvgIpc) is 2.97. The Labute approximate surface area is 120 Å². The summed E-state index contributed by atoms with van der Waals surface area (Å²) in [4.78, 5) is 31.6. The lowest BCUT2D eigenvalue weighted by Crippen LogP contribution is -2.41. The van der Waals surface area contributed by atoms with Crippen LogP contribution in [0.25, 0.3) is 11.2 Å². The smallest absolute Gasteiger partial charge is 0.332 e. The van der Waals surface area contributed by atoms with Gasteiger partial charge in [0.25, 0.3) is 5.56 Å². The molecule has 8 nitrogen and oxygen atoms in total. The van der Waals surface area contributed by atoms with E-state index in [4.69, 9.17) is 10.2 Å². The standard InChI is InChI=1S/C13H20N4O4/c1-16-11-10(14-8-15-11)12(20)17(13(16)21)9(4-2-6-18)5-3-7-19/h8-9,18-19H,2-7H2,1H3,(H,14,15). The first-order valence-electron chi connectivity index (χ1n) is 6.98. The summed E-state index contributed by atoms with van der Waals surface area (Å²) in [6.07, 6.45) is 3.38. The molecule has 0 saturated carbocycles. The molecule has 0 aliphatic carbocycles. The minimum atomic E-state index is -0.430. The van der Waals surface area contributed by atoms with E-state index in [0.717, 1.165) is 0 Å². The van der Waals surface area contributed by atoms with Gasteiger partial charge in [-0.25, -0.2) is 9.78 Å². The van der Waals surface area contributed by atoms with Gasteiger partial charge in [-0.05, 0) is 25.7 Å². The van der Waals surface area contributed by atoms with E-state index in [0.29, 0.717) is 31.3 Å². The van der Waals surface area contributed by atoms with Gasteiger partial charge in [0.05, 0.1) is 6.33 Å². The Bertz CT molecular complexity index is 707. The van der Waals surface area contributed by atoms with Gasteiger partial charge in [-0.1, -0.05) is 0 Å². The number of rotatable bonds is 7. The highest BCUT2D eigenvalue weighted by Crippen LogP contribution is 2.17. The zero-order chi connectivity index (χ0) is 15.4. The molecule has 8 heteroatoms. The molecule has 2 heterocycles. The summed E-state index contributed by atoms with van der Waals surface area (Å²) in [5.41, 5.74) is -0.230. The van der Waals surface area contributed by atoms with Gasteiger partial charge in [0.2, 0.25) is 0 Å². The van der Waals surface area contributed by atoms with Crippen LogP contribution in [0.5, 0.6) is 0 Å². The largest absolute Gasteiger partial charge is 0.396 e. The summed E-state index contributed by atoms with van der Waals surface area (Å²) in [6.45, 7) is -0.00597. The zero-order valence-corrected chi connectivity index (χ0v) is 11.9. The minimum absolute atomic E-state index is 0.00298. The first-order chi connectivity index (χ1) is 10.1. The van der Waals surface area contributed by atoms with Crippen LogP contribution in [-0.2, 0) is 7.05 Å². The molecule has 116 valence electrons. The van der Waals surface area contributed by atoms with Crippen LogP contribution in [0.15, 0.2) is 15.9 Å². The highest BCUT2D eigenvalue weighted by atomic mass is 16.3. The number of hydrogen-bond donors (Lipinski definition) is 3. The van der Waals surface area contributed by atoms with Crippen LogP contribution in [-0.4, -0.2) is 42.5 Å². The number of imidazole rings is 1. The SMILES string of the molecule is Cn1c(=O)n(C(CCCO)CCCO)c(=O)c2[nH]cnc21. The Kier molecular flexibility index (Phi) is 4.92. The van der Waals surface area contributed by atoms with Crippen LogP contribution in [0.1, 0.15) is 31.7 Å². The molecule has 2 aromatic rings. The van der Waals surface area contributed by atoms with E-state index in [9.17, 15) is 9.59 Å². The average molecular weight is 296 g/mol. The van der Waals surface area contributed by atoms with Gasteiger partial charge < -0.3 is 15.2 Å². The van der Waals surface area contributed by atoms with Crippen molar-refractivity contribution in [1.29, 1.82) is 0 Å². The number of H-pyrrole nitrogens is 1. The molecule has 0 unspecified atom stereocenters. The van der Waals surface area contributed by atoms with E-state index >= 15 is 0 Å². The first kappa shape index (κ1) is 15.5. The minimum Gasteiger partial charge on any atom is -0.396 e. The van der Waals surface area contributed by atoms with Crippen molar-refractivity contribution in [2.24, 2.45) is 7.05 Å². The third-order valence-corrected chi connectivity index (χ3v) is 3.62. The molecule has 0 bridgehead atoms. The van der Waals surface area contributed by atoms with E-state index in [1.54, 1.807) is 7.05 Å². The Morgan fingerprint density at radius 2 is 1.86 bits per heavy atom. The molecule has 0 aromatic carbocycles. The number of aromatic nitrogens is 4. The molecule has 2 rings (SSSR count). The fraction of sp³-hybridized carbons (Fsp3) is 0.615. The Morgan fingerprint density at radius 1 is 1.24 bits per heavy atom. The lowest BCUT2D eigenvalue weighted by molar-refractivity contribution is 0.245. The topological polar surface area (TPSA) is 113 Å². The molecule has 0 atom stereocenters. The van der Waals surface area contributed by atoms with E-state index in [1.807, 2.05) is 0 Å². The lowest BCUT2D eigenvalue weighted by Gasteiger charge is -2.19. The maximum atomic E-state index is 12.5. The first-order valence-corrected chi connectivity index (χ1v) is 6.98. The molecule has 0 spiro atoms. The van der Waals surface area contributed by atoms with Crippen molar-refractivity contribution < 1.29 is 10.2 Å². The van der Waals surface area contributed by atoms with Gasteiger partial charge in [-0.2, -0.15) is 0 Å². The third-order valence-electron chi connectivity index (χ3n) is 3.62. The van der Waals surface area contributed by atoms with Crippen molar-refractivity contribution in [2.45, 2.75) is 31.7 Å². The number of fused-ring (bicyclic) bond motifs is 1. The number of aliphatic hydroxyl groups excluding tert-OH is 2. The molecule has 3 N–H and O–H groups in total. The molecule has 0 aliphatic heterocycles. The van der Waals surface area contributed by atoms with Gasteiger partial charge >= 0.3 is 5.69 Å². The highest BCUT2D eigenvalue weighted by Gasteiger charge is 2.20. The second kappa shape index (κ2) is 6.68. The Morgan fingerprint density at radius 3 is 2.43 bits per heavy atom. The molecular formula is C13H20N4O4. The van der Waals surface area contributed by atoms with E-state index in [-0.39, 0.29) is 24.8 Å². The van der Waals surface area contributed by atoms with Gasteiger partial charge in [0, 0.05) is 26.3 Å². The van der Waals surface area contributed by atoms with Crippen molar-refractivity contribution in [3.05, 3.63) is 27.2 Å². The van der Waals surface area contributed by atoms with Crippen molar-refractivity contribution in [3.63, 3.8) is 0 Å². The van der Waals surface area contributed by atoms with Crippen molar-refractivity contribution in [1.82, 2.24) is 19.1 Å².